The average molecular weight is 366 g/mol. The predicted molar refractivity (Wildman–Crippen MR) is 105 cm³/mol. The summed E-state index contributed by atoms with van der Waals surface area (Å²) >= 11 is 0. The minimum Gasteiger partial charge on any atom is -0.491 e. The maximum atomic E-state index is 13.6. The Hall–Kier alpha value is -2.82. The molecule has 0 saturated heterocycles. The molecule has 0 spiro atoms. The summed E-state index contributed by atoms with van der Waals surface area (Å²) in [5.74, 6) is 0.418. The lowest BCUT2D eigenvalue weighted by atomic mass is 9.85. The number of benzene rings is 2. The van der Waals surface area contributed by atoms with Crippen LogP contribution in [0.2, 0.25) is 0 Å². The summed E-state index contributed by atoms with van der Waals surface area (Å²) in [7, 11) is 0. The van der Waals surface area contributed by atoms with Gasteiger partial charge in [0.05, 0.1) is 6.10 Å². The molecule has 0 saturated carbocycles. The minimum absolute atomic E-state index is 0.00364. The molecule has 1 unspecified atom stereocenters. The van der Waals surface area contributed by atoms with Crippen molar-refractivity contribution in [3.05, 3.63) is 59.5 Å². The van der Waals surface area contributed by atoms with Gasteiger partial charge < -0.3 is 15.0 Å². The van der Waals surface area contributed by atoms with E-state index in [-0.39, 0.29) is 23.7 Å². The summed E-state index contributed by atoms with van der Waals surface area (Å²) in [4.78, 5) is 16.1. The van der Waals surface area contributed by atoms with Gasteiger partial charge in [-0.25, -0.2) is 4.39 Å². The average Bonchev–Trinajstić information content (AvgIpc) is 3.00. The van der Waals surface area contributed by atoms with Crippen molar-refractivity contribution in [2.24, 2.45) is 5.92 Å². The number of carbonyl (C=O) groups excluding carboxylic acids is 1. The van der Waals surface area contributed by atoms with Gasteiger partial charge in [-0.15, -0.1) is 0 Å². The molecule has 4 rings (SSSR count). The molecular formula is C22H23FN2O2. The summed E-state index contributed by atoms with van der Waals surface area (Å²) in [5.41, 5.74) is 3.88. The van der Waals surface area contributed by atoms with Gasteiger partial charge in [-0.3, -0.25) is 4.79 Å². The number of carbonyl (C=O) groups is 1. The van der Waals surface area contributed by atoms with Crippen molar-refractivity contribution in [3.8, 4) is 5.75 Å². The lowest BCUT2D eigenvalue weighted by Crippen LogP contribution is -2.28. The fourth-order valence-corrected chi connectivity index (χ4v) is 3.75. The molecule has 4 nitrogen and oxygen atoms in total. The third-order valence-corrected chi connectivity index (χ3v) is 5.01. The Kier molecular flexibility index (Phi) is 4.60. The third kappa shape index (κ3) is 3.68. The van der Waals surface area contributed by atoms with Gasteiger partial charge in [0.15, 0.2) is 0 Å². The van der Waals surface area contributed by atoms with Crippen molar-refractivity contribution in [1.82, 2.24) is 4.98 Å². The number of anilines is 1. The van der Waals surface area contributed by atoms with Crippen LogP contribution in [-0.2, 0) is 17.6 Å². The summed E-state index contributed by atoms with van der Waals surface area (Å²) in [6.07, 6.45) is 2.31. The van der Waals surface area contributed by atoms with E-state index in [1.165, 1.54) is 6.07 Å². The number of nitrogens with one attached hydrogen (secondary N) is 2. The maximum Gasteiger partial charge on any atom is 0.227 e. The number of ether oxygens (including phenoxy) is 1. The first kappa shape index (κ1) is 17.6. The summed E-state index contributed by atoms with van der Waals surface area (Å²) < 4.78 is 19.3. The molecule has 2 N–H and O–H groups in total. The number of hydrogen-bond acceptors (Lipinski definition) is 2. The Morgan fingerprint density at radius 2 is 2.00 bits per heavy atom. The van der Waals surface area contributed by atoms with Crippen LogP contribution < -0.4 is 10.1 Å². The lowest BCUT2D eigenvalue weighted by molar-refractivity contribution is -0.120. The topological polar surface area (TPSA) is 54.1 Å². The van der Waals surface area contributed by atoms with Crippen LogP contribution >= 0.6 is 0 Å². The Labute approximate surface area is 157 Å². The first-order valence-electron chi connectivity index (χ1n) is 9.36. The predicted octanol–water partition coefficient (Wildman–Crippen LogP) is 4.84. The number of fused-ring (bicyclic) bond motifs is 3. The molecule has 1 amide bonds. The number of rotatable bonds is 4. The van der Waals surface area contributed by atoms with Crippen molar-refractivity contribution >= 4 is 22.5 Å². The van der Waals surface area contributed by atoms with Gasteiger partial charge in [0, 0.05) is 28.2 Å². The SMILES string of the molecule is CC(C)Oc1ccc(NC(=O)C2CCc3[nH]c4ccc(F)cc4c3C2)cc1. The molecule has 0 bridgehead atoms. The molecule has 0 radical (unpaired) electrons. The molecule has 1 aromatic heterocycles. The number of amides is 1. The van der Waals surface area contributed by atoms with E-state index >= 15 is 0 Å². The zero-order valence-corrected chi connectivity index (χ0v) is 15.5. The van der Waals surface area contributed by atoms with E-state index in [9.17, 15) is 9.18 Å². The number of aryl methyl sites for hydroxylation is 1. The molecule has 1 aliphatic carbocycles. The van der Waals surface area contributed by atoms with Gasteiger partial charge in [0.25, 0.3) is 0 Å². The van der Waals surface area contributed by atoms with Gasteiger partial charge in [-0.1, -0.05) is 0 Å². The number of H-pyrrole nitrogens is 1. The maximum absolute atomic E-state index is 13.6. The summed E-state index contributed by atoms with van der Waals surface area (Å²) in [6, 6.07) is 12.2. The molecular weight excluding hydrogens is 343 g/mol. The zero-order valence-electron chi connectivity index (χ0n) is 15.5. The van der Waals surface area contributed by atoms with Crippen LogP contribution in [0.25, 0.3) is 10.9 Å². The quantitative estimate of drug-likeness (QED) is 0.694. The molecule has 0 aliphatic heterocycles. The molecule has 27 heavy (non-hydrogen) atoms. The Morgan fingerprint density at radius 1 is 1.22 bits per heavy atom. The summed E-state index contributed by atoms with van der Waals surface area (Å²) in [5, 5.41) is 3.88. The molecule has 1 heterocycles. The van der Waals surface area contributed by atoms with Gasteiger partial charge >= 0.3 is 0 Å². The first-order valence-corrected chi connectivity index (χ1v) is 9.36. The van der Waals surface area contributed by atoms with Crippen LogP contribution in [0.15, 0.2) is 42.5 Å². The van der Waals surface area contributed by atoms with E-state index in [1.807, 2.05) is 38.1 Å². The second kappa shape index (κ2) is 7.06. The second-order valence-electron chi connectivity index (χ2n) is 7.39. The number of aromatic amines is 1. The minimum atomic E-state index is -0.250. The number of hydrogen-bond donors (Lipinski definition) is 2. The van der Waals surface area contributed by atoms with E-state index < -0.39 is 0 Å². The molecule has 1 atom stereocenters. The van der Waals surface area contributed by atoms with E-state index in [0.717, 1.165) is 46.4 Å². The van der Waals surface area contributed by atoms with Crippen LogP contribution in [0.1, 0.15) is 31.5 Å². The van der Waals surface area contributed by atoms with Crippen LogP contribution in [0, 0.1) is 11.7 Å². The fourth-order valence-electron chi connectivity index (χ4n) is 3.75. The molecule has 3 aromatic rings. The van der Waals surface area contributed by atoms with E-state index in [1.54, 1.807) is 12.1 Å². The molecule has 2 aromatic carbocycles. The van der Waals surface area contributed by atoms with Crippen LogP contribution in [0.5, 0.6) is 5.75 Å². The van der Waals surface area contributed by atoms with Gasteiger partial charge in [0.2, 0.25) is 5.91 Å². The smallest absolute Gasteiger partial charge is 0.227 e. The fraction of sp³-hybridized carbons (Fsp3) is 0.318. The normalized spacial score (nSPS) is 16.4. The molecule has 1 aliphatic rings. The van der Waals surface area contributed by atoms with E-state index in [2.05, 4.69) is 10.3 Å². The highest BCUT2D eigenvalue weighted by Gasteiger charge is 2.27. The van der Waals surface area contributed by atoms with Crippen LogP contribution in [0.3, 0.4) is 0 Å². The molecule has 0 fully saturated rings. The van der Waals surface area contributed by atoms with Crippen molar-refractivity contribution in [1.29, 1.82) is 0 Å². The van der Waals surface area contributed by atoms with Gasteiger partial charge in [0.1, 0.15) is 11.6 Å². The Bertz CT molecular complexity index is 976. The van der Waals surface area contributed by atoms with E-state index in [4.69, 9.17) is 4.74 Å². The highest BCUT2D eigenvalue weighted by atomic mass is 19.1. The molecule has 5 heteroatoms. The van der Waals surface area contributed by atoms with Crippen molar-refractivity contribution < 1.29 is 13.9 Å². The molecule has 140 valence electrons. The summed E-state index contributed by atoms with van der Waals surface area (Å²) in [6.45, 7) is 3.95. The second-order valence-corrected chi connectivity index (χ2v) is 7.39. The van der Waals surface area contributed by atoms with Crippen LogP contribution in [0.4, 0.5) is 10.1 Å². The van der Waals surface area contributed by atoms with Crippen molar-refractivity contribution in [3.63, 3.8) is 0 Å². The van der Waals surface area contributed by atoms with Gasteiger partial charge in [-0.2, -0.15) is 0 Å². The highest BCUT2D eigenvalue weighted by molar-refractivity contribution is 5.94. The zero-order chi connectivity index (χ0) is 19.0. The highest BCUT2D eigenvalue weighted by Crippen LogP contribution is 2.32. The Balaban J connectivity index is 1.47. The third-order valence-electron chi connectivity index (χ3n) is 5.01. The number of halogens is 1. The van der Waals surface area contributed by atoms with Crippen LogP contribution in [-0.4, -0.2) is 17.0 Å². The van der Waals surface area contributed by atoms with Crippen molar-refractivity contribution in [2.75, 3.05) is 5.32 Å². The Morgan fingerprint density at radius 3 is 2.74 bits per heavy atom. The lowest BCUT2D eigenvalue weighted by Gasteiger charge is -2.22. The standard InChI is InChI=1S/C22H23FN2O2/c1-13(2)27-17-7-5-16(6-8-17)24-22(26)14-3-9-20-18(11-14)19-12-15(23)4-10-21(19)25-20/h4-8,10,12-14,25H,3,9,11H2,1-2H3,(H,24,26). The van der Waals surface area contributed by atoms with Gasteiger partial charge in [-0.05, 0) is 81.1 Å². The monoisotopic (exact) mass is 366 g/mol. The largest absolute Gasteiger partial charge is 0.491 e. The van der Waals surface area contributed by atoms with Crippen molar-refractivity contribution in [2.45, 2.75) is 39.2 Å². The first-order chi connectivity index (χ1) is 13.0. The van der Waals surface area contributed by atoms with E-state index in [0.29, 0.717) is 6.42 Å². The number of aromatic nitrogens is 1.